The molecule has 0 radical (unpaired) electrons. The van der Waals surface area contributed by atoms with Crippen molar-refractivity contribution in [3.8, 4) is 0 Å². The van der Waals surface area contributed by atoms with Gasteiger partial charge in [0.25, 0.3) is 0 Å². The maximum atomic E-state index is 12.5. The van der Waals surface area contributed by atoms with E-state index >= 15 is 0 Å². The normalized spacial score (nSPS) is 12.6. The van der Waals surface area contributed by atoms with Gasteiger partial charge >= 0.3 is 17.9 Å². The predicted octanol–water partition coefficient (Wildman–Crippen LogP) is 13.5. The number of aliphatic carboxylic acids is 1. The number of ether oxygens (including phenoxy) is 2. The minimum Gasteiger partial charge on any atom is -0.481 e. The molecule has 0 fully saturated rings. The van der Waals surface area contributed by atoms with Crippen LogP contribution in [0.15, 0.2) is 0 Å². The summed E-state index contributed by atoms with van der Waals surface area (Å²) >= 11 is 0. The molecule has 0 aliphatic rings. The maximum absolute atomic E-state index is 12.5. The van der Waals surface area contributed by atoms with Crippen LogP contribution in [-0.2, 0) is 23.9 Å². The Hall–Kier alpha value is -1.59. The topological polar surface area (TPSA) is 89.9 Å². The van der Waals surface area contributed by atoms with Crippen LogP contribution in [0.25, 0.3) is 0 Å². The zero-order chi connectivity index (χ0) is 36.0. The molecule has 290 valence electrons. The van der Waals surface area contributed by atoms with Crippen molar-refractivity contribution in [1.82, 2.24) is 0 Å². The first kappa shape index (κ1) is 47.4. The second kappa shape index (κ2) is 37.7. The molecular weight excluding hydrogens is 612 g/mol. The van der Waals surface area contributed by atoms with Crippen molar-refractivity contribution in [1.29, 1.82) is 0 Å². The molecular formula is C43H82O6. The number of carbonyl (C=O) groups is 3. The third kappa shape index (κ3) is 36.0. The van der Waals surface area contributed by atoms with Crippen molar-refractivity contribution in [3.63, 3.8) is 0 Å². The van der Waals surface area contributed by atoms with Crippen LogP contribution in [0, 0.1) is 5.92 Å². The molecule has 0 saturated heterocycles. The number of carboxylic acid groups (broad SMARTS) is 1. The van der Waals surface area contributed by atoms with Crippen LogP contribution in [0.3, 0.4) is 0 Å². The molecule has 6 heteroatoms. The largest absolute Gasteiger partial charge is 0.481 e. The highest BCUT2D eigenvalue weighted by Gasteiger charge is 2.15. The summed E-state index contributed by atoms with van der Waals surface area (Å²) < 4.78 is 11.7. The average molecular weight is 695 g/mol. The second-order valence-electron chi connectivity index (χ2n) is 14.9. The zero-order valence-corrected chi connectivity index (χ0v) is 32.9. The lowest BCUT2D eigenvalue weighted by atomic mass is 9.94. The summed E-state index contributed by atoms with van der Waals surface area (Å²) in [6.07, 6.45) is 37.3. The van der Waals surface area contributed by atoms with Crippen molar-refractivity contribution in [2.75, 3.05) is 6.61 Å². The van der Waals surface area contributed by atoms with Gasteiger partial charge in [-0.25, -0.2) is 0 Å². The van der Waals surface area contributed by atoms with Crippen LogP contribution in [0.2, 0.25) is 0 Å². The van der Waals surface area contributed by atoms with Gasteiger partial charge in [-0.3, -0.25) is 14.4 Å². The fourth-order valence-corrected chi connectivity index (χ4v) is 6.75. The summed E-state index contributed by atoms with van der Waals surface area (Å²) in [6, 6.07) is 0. The monoisotopic (exact) mass is 695 g/mol. The molecule has 0 aromatic heterocycles. The smallest absolute Gasteiger partial charge is 0.306 e. The van der Waals surface area contributed by atoms with Gasteiger partial charge in [-0.05, 0) is 63.7 Å². The number of unbranched alkanes of at least 4 members (excludes halogenated alkanes) is 22. The lowest BCUT2D eigenvalue weighted by molar-refractivity contribution is -0.150. The summed E-state index contributed by atoms with van der Waals surface area (Å²) in [5.41, 5.74) is 0. The third-order valence-electron chi connectivity index (χ3n) is 10.0. The highest BCUT2D eigenvalue weighted by molar-refractivity contribution is 5.69. The summed E-state index contributed by atoms with van der Waals surface area (Å²) in [5, 5.41) is 8.78. The fraction of sp³-hybridized carbons (Fsp3) is 0.930. The standard InChI is InChI=1S/C43H82O6/c1-4-7-10-12-19-25-31-39(32-26-20-17-18-22-29-35-41(44)45)38-48-42(46)36-30-23-16-14-13-15-21-28-34-40(33-27-11-8-5-2)49-43(47)37-24-9-6-3/h39-40H,4-38H2,1-3H3,(H,44,45). The van der Waals surface area contributed by atoms with E-state index in [1.807, 2.05) is 0 Å². The van der Waals surface area contributed by atoms with E-state index in [0.717, 1.165) is 89.9 Å². The molecule has 0 aromatic rings. The zero-order valence-electron chi connectivity index (χ0n) is 32.9. The first-order valence-electron chi connectivity index (χ1n) is 21.5. The summed E-state index contributed by atoms with van der Waals surface area (Å²) in [6.45, 7) is 7.22. The van der Waals surface area contributed by atoms with Crippen molar-refractivity contribution in [2.45, 2.75) is 245 Å². The number of hydrogen-bond acceptors (Lipinski definition) is 5. The number of hydrogen-bond donors (Lipinski definition) is 1. The van der Waals surface area contributed by atoms with Gasteiger partial charge < -0.3 is 14.6 Å². The van der Waals surface area contributed by atoms with Gasteiger partial charge in [-0.1, -0.05) is 162 Å². The number of carbonyl (C=O) groups excluding carboxylic acids is 2. The highest BCUT2D eigenvalue weighted by Crippen LogP contribution is 2.21. The molecule has 0 amide bonds. The summed E-state index contributed by atoms with van der Waals surface area (Å²) in [4.78, 5) is 35.5. The van der Waals surface area contributed by atoms with Crippen molar-refractivity contribution in [3.05, 3.63) is 0 Å². The Morgan fingerprint density at radius 3 is 1.27 bits per heavy atom. The van der Waals surface area contributed by atoms with Crippen LogP contribution >= 0.6 is 0 Å². The lowest BCUT2D eigenvalue weighted by Gasteiger charge is -2.18. The molecule has 0 spiro atoms. The fourth-order valence-electron chi connectivity index (χ4n) is 6.75. The van der Waals surface area contributed by atoms with Crippen LogP contribution in [-0.4, -0.2) is 35.7 Å². The van der Waals surface area contributed by atoms with E-state index in [1.165, 1.54) is 109 Å². The van der Waals surface area contributed by atoms with E-state index in [4.69, 9.17) is 14.6 Å². The van der Waals surface area contributed by atoms with Crippen molar-refractivity contribution in [2.24, 2.45) is 5.92 Å². The Morgan fingerprint density at radius 1 is 0.429 bits per heavy atom. The molecule has 0 rings (SSSR count). The highest BCUT2D eigenvalue weighted by atomic mass is 16.5. The molecule has 0 aromatic carbocycles. The first-order valence-corrected chi connectivity index (χ1v) is 21.5. The van der Waals surface area contributed by atoms with E-state index in [0.29, 0.717) is 25.4 Å². The van der Waals surface area contributed by atoms with Gasteiger partial charge in [0.2, 0.25) is 0 Å². The second-order valence-corrected chi connectivity index (χ2v) is 14.9. The molecule has 0 heterocycles. The molecule has 6 nitrogen and oxygen atoms in total. The summed E-state index contributed by atoms with van der Waals surface area (Å²) in [5.74, 6) is -0.250. The molecule has 0 saturated carbocycles. The van der Waals surface area contributed by atoms with Gasteiger partial charge in [-0.2, -0.15) is 0 Å². The van der Waals surface area contributed by atoms with Crippen LogP contribution in [0.5, 0.6) is 0 Å². The van der Waals surface area contributed by atoms with Crippen molar-refractivity contribution < 1.29 is 29.0 Å². The Balaban J connectivity index is 4.11. The maximum Gasteiger partial charge on any atom is 0.306 e. The molecule has 0 aliphatic heterocycles. The van der Waals surface area contributed by atoms with Gasteiger partial charge in [0.15, 0.2) is 0 Å². The quantitative estimate of drug-likeness (QED) is 0.0509. The van der Waals surface area contributed by atoms with Crippen LogP contribution < -0.4 is 0 Å². The van der Waals surface area contributed by atoms with Crippen molar-refractivity contribution >= 4 is 17.9 Å². The predicted molar refractivity (Wildman–Crippen MR) is 206 cm³/mol. The van der Waals surface area contributed by atoms with E-state index in [2.05, 4.69) is 20.8 Å². The van der Waals surface area contributed by atoms with Gasteiger partial charge in [-0.15, -0.1) is 0 Å². The molecule has 2 atom stereocenters. The van der Waals surface area contributed by atoms with E-state index in [9.17, 15) is 14.4 Å². The van der Waals surface area contributed by atoms with E-state index in [1.54, 1.807) is 0 Å². The summed E-state index contributed by atoms with van der Waals surface area (Å²) in [7, 11) is 0. The van der Waals surface area contributed by atoms with Crippen LogP contribution in [0.1, 0.15) is 239 Å². The molecule has 49 heavy (non-hydrogen) atoms. The lowest BCUT2D eigenvalue weighted by Crippen LogP contribution is -2.18. The SMILES string of the molecule is CCCCCCCCC(CCCCCCCCC(=O)O)COC(=O)CCCCCCCCCCC(CCCCCC)OC(=O)CCCCC. The van der Waals surface area contributed by atoms with Gasteiger partial charge in [0.05, 0.1) is 6.61 Å². The number of rotatable bonds is 39. The van der Waals surface area contributed by atoms with E-state index < -0.39 is 5.97 Å². The van der Waals surface area contributed by atoms with Crippen LogP contribution in [0.4, 0.5) is 0 Å². The molecule has 0 aliphatic carbocycles. The minimum absolute atomic E-state index is 0.000478. The molecule has 1 N–H and O–H groups in total. The Labute approximate surface area is 304 Å². The molecule has 0 bridgehead atoms. The average Bonchev–Trinajstić information content (AvgIpc) is 3.08. The van der Waals surface area contributed by atoms with Gasteiger partial charge in [0.1, 0.15) is 6.10 Å². The molecule has 2 unspecified atom stereocenters. The third-order valence-corrected chi connectivity index (χ3v) is 10.0. The Morgan fingerprint density at radius 2 is 0.776 bits per heavy atom. The Kier molecular flexibility index (Phi) is 36.4. The number of carboxylic acids is 1. The first-order chi connectivity index (χ1) is 23.9. The minimum atomic E-state index is -0.693. The van der Waals surface area contributed by atoms with Gasteiger partial charge in [0, 0.05) is 19.3 Å². The number of esters is 2. The Bertz CT molecular complexity index is 738. The van der Waals surface area contributed by atoms with E-state index in [-0.39, 0.29) is 24.5 Å².